The number of hydrogen-bond donors (Lipinski definition) is 2. The summed E-state index contributed by atoms with van der Waals surface area (Å²) < 4.78 is 7.32. The number of imidazole rings is 1. The fraction of sp³-hybridized carbons (Fsp3) is 0.458. The molecule has 1 unspecified atom stereocenters. The first-order valence-electron chi connectivity index (χ1n) is 11.1. The van der Waals surface area contributed by atoms with Crippen molar-refractivity contribution in [1.82, 2.24) is 20.0 Å². The average Bonchev–Trinajstić information content (AvgIpc) is 3.52. The highest BCUT2D eigenvalue weighted by Crippen LogP contribution is 2.29. The van der Waals surface area contributed by atoms with Gasteiger partial charge in [0.1, 0.15) is 5.65 Å². The summed E-state index contributed by atoms with van der Waals surface area (Å²) in [5.74, 6) is 0.676. The third kappa shape index (κ3) is 5.75. The van der Waals surface area contributed by atoms with Crippen LogP contribution in [0.15, 0.2) is 42.9 Å². The van der Waals surface area contributed by atoms with Crippen molar-refractivity contribution in [2.75, 3.05) is 13.2 Å². The van der Waals surface area contributed by atoms with E-state index in [9.17, 15) is 9.59 Å². The largest absolute Gasteiger partial charge is 0.381 e. The van der Waals surface area contributed by atoms with E-state index in [0.29, 0.717) is 36.3 Å². The van der Waals surface area contributed by atoms with Gasteiger partial charge in [0.05, 0.1) is 10.9 Å². The molecule has 1 aliphatic heterocycles. The van der Waals surface area contributed by atoms with E-state index in [1.807, 2.05) is 41.1 Å². The molecule has 0 spiro atoms. The zero-order valence-electron chi connectivity index (χ0n) is 18.5. The second-order valence-corrected chi connectivity index (χ2v) is 9.91. The molecule has 0 bridgehead atoms. The number of hydrogen-bond acceptors (Lipinski definition) is 5. The predicted molar refractivity (Wildman–Crippen MR) is 125 cm³/mol. The molecule has 170 valence electrons. The zero-order valence-corrected chi connectivity index (χ0v) is 19.4. The van der Waals surface area contributed by atoms with E-state index in [4.69, 9.17) is 4.74 Å². The quantitative estimate of drug-likeness (QED) is 0.513. The SMILES string of the molecule is CC(C)C[C@@H](NC(=O)CC1CCOC1)c1ccc(C(=O)NCc2ccn3ccnc3c2)s1. The van der Waals surface area contributed by atoms with E-state index in [-0.39, 0.29) is 17.9 Å². The van der Waals surface area contributed by atoms with Crippen molar-refractivity contribution in [3.05, 3.63) is 58.2 Å². The van der Waals surface area contributed by atoms with E-state index in [1.54, 1.807) is 6.20 Å². The van der Waals surface area contributed by atoms with E-state index in [1.165, 1.54) is 11.3 Å². The Morgan fingerprint density at radius 3 is 2.94 bits per heavy atom. The molecule has 0 aromatic carbocycles. The summed E-state index contributed by atoms with van der Waals surface area (Å²) in [7, 11) is 0. The number of fused-ring (bicyclic) bond motifs is 1. The molecule has 2 amide bonds. The molecule has 8 heteroatoms. The highest BCUT2D eigenvalue weighted by Gasteiger charge is 2.23. The molecule has 0 saturated carbocycles. The Morgan fingerprint density at radius 2 is 2.16 bits per heavy atom. The Kier molecular flexibility index (Phi) is 7.22. The summed E-state index contributed by atoms with van der Waals surface area (Å²) in [6.07, 6.45) is 7.84. The lowest BCUT2D eigenvalue weighted by Gasteiger charge is -2.20. The van der Waals surface area contributed by atoms with E-state index in [2.05, 4.69) is 29.5 Å². The van der Waals surface area contributed by atoms with Gasteiger partial charge >= 0.3 is 0 Å². The lowest BCUT2D eigenvalue weighted by molar-refractivity contribution is -0.122. The molecule has 3 aromatic heterocycles. The van der Waals surface area contributed by atoms with Crippen LogP contribution in [0.3, 0.4) is 0 Å². The summed E-state index contributed by atoms with van der Waals surface area (Å²) in [4.78, 5) is 31.2. The van der Waals surface area contributed by atoms with Crippen LogP contribution in [-0.2, 0) is 16.1 Å². The summed E-state index contributed by atoms with van der Waals surface area (Å²) in [6, 6.07) is 7.65. The van der Waals surface area contributed by atoms with Crippen molar-refractivity contribution in [3.8, 4) is 0 Å². The number of rotatable bonds is 9. The minimum absolute atomic E-state index is 0.0555. The topological polar surface area (TPSA) is 84.7 Å². The molecule has 3 aromatic rings. The van der Waals surface area contributed by atoms with E-state index < -0.39 is 0 Å². The minimum atomic E-state index is -0.109. The van der Waals surface area contributed by atoms with Crippen LogP contribution in [0.1, 0.15) is 59.3 Å². The monoisotopic (exact) mass is 454 g/mol. The van der Waals surface area contributed by atoms with Gasteiger partial charge in [0.15, 0.2) is 0 Å². The lowest BCUT2D eigenvalue weighted by Crippen LogP contribution is -2.30. The fourth-order valence-electron chi connectivity index (χ4n) is 3.97. The first kappa shape index (κ1) is 22.5. The van der Waals surface area contributed by atoms with Gasteiger partial charge in [-0.05, 0) is 54.5 Å². The Balaban J connectivity index is 1.37. The van der Waals surface area contributed by atoms with Crippen molar-refractivity contribution >= 4 is 28.8 Å². The number of nitrogens with zero attached hydrogens (tertiary/aromatic N) is 2. The number of aromatic nitrogens is 2. The Labute approximate surface area is 192 Å². The molecule has 4 heterocycles. The molecule has 7 nitrogen and oxygen atoms in total. The minimum Gasteiger partial charge on any atom is -0.381 e. The van der Waals surface area contributed by atoms with Crippen LogP contribution in [0.25, 0.3) is 5.65 Å². The molecule has 32 heavy (non-hydrogen) atoms. The molecule has 1 fully saturated rings. The summed E-state index contributed by atoms with van der Waals surface area (Å²) in [6.45, 7) is 6.13. The third-order valence-electron chi connectivity index (χ3n) is 5.65. The first-order chi connectivity index (χ1) is 15.5. The Morgan fingerprint density at radius 1 is 1.28 bits per heavy atom. The Bertz CT molecular complexity index is 1070. The van der Waals surface area contributed by atoms with Gasteiger partial charge in [-0.1, -0.05) is 13.8 Å². The number of nitrogens with one attached hydrogen (secondary N) is 2. The summed E-state index contributed by atoms with van der Waals surface area (Å²) in [5.41, 5.74) is 1.85. The van der Waals surface area contributed by atoms with Crippen LogP contribution < -0.4 is 10.6 Å². The zero-order chi connectivity index (χ0) is 22.5. The second-order valence-electron chi connectivity index (χ2n) is 8.80. The van der Waals surface area contributed by atoms with Gasteiger partial charge in [-0.2, -0.15) is 0 Å². The van der Waals surface area contributed by atoms with Gasteiger partial charge < -0.3 is 19.8 Å². The average molecular weight is 455 g/mol. The van der Waals surface area contributed by atoms with Crippen LogP contribution in [0, 0.1) is 11.8 Å². The number of ether oxygens (including phenoxy) is 1. The second kappa shape index (κ2) is 10.3. The fourth-order valence-corrected chi connectivity index (χ4v) is 4.96. The molecule has 2 N–H and O–H groups in total. The molecule has 0 radical (unpaired) electrons. The maximum Gasteiger partial charge on any atom is 0.261 e. The molecule has 1 saturated heterocycles. The highest BCUT2D eigenvalue weighted by atomic mass is 32.1. The van der Waals surface area contributed by atoms with Crippen LogP contribution >= 0.6 is 11.3 Å². The smallest absolute Gasteiger partial charge is 0.261 e. The van der Waals surface area contributed by atoms with Crippen molar-refractivity contribution in [1.29, 1.82) is 0 Å². The molecular formula is C24H30N4O3S. The van der Waals surface area contributed by atoms with Crippen LogP contribution in [-0.4, -0.2) is 34.4 Å². The van der Waals surface area contributed by atoms with Crippen LogP contribution in [0.4, 0.5) is 0 Å². The predicted octanol–water partition coefficient (Wildman–Crippen LogP) is 3.96. The number of carbonyl (C=O) groups excluding carboxylic acids is 2. The van der Waals surface area contributed by atoms with Crippen molar-refractivity contribution < 1.29 is 14.3 Å². The van der Waals surface area contributed by atoms with Crippen LogP contribution in [0.2, 0.25) is 0 Å². The van der Waals surface area contributed by atoms with E-state index in [0.717, 1.165) is 35.5 Å². The van der Waals surface area contributed by atoms with Crippen molar-refractivity contribution in [3.63, 3.8) is 0 Å². The maximum atomic E-state index is 12.7. The number of pyridine rings is 1. The number of amides is 2. The number of thiophene rings is 1. The van der Waals surface area contributed by atoms with Crippen molar-refractivity contribution in [2.45, 2.75) is 45.7 Å². The molecule has 1 aliphatic rings. The van der Waals surface area contributed by atoms with Gasteiger partial charge in [0, 0.05) is 49.6 Å². The highest BCUT2D eigenvalue weighted by molar-refractivity contribution is 7.14. The Hall–Kier alpha value is -2.71. The first-order valence-corrected chi connectivity index (χ1v) is 12.0. The molecule has 2 atom stereocenters. The van der Waals surface area contributed by atoms with Gasteiger partial charge in [-0.3, -0.25) is 9.59 Å². The molecular weight excluding hydrogens is 424 g/mol. The maximum absolute atomic E-state index is 12.7. The van der Waals surface area contributed by atoms with Crippen LogP contribution in [0.5, 0.6) is 0 Å². The standard InChI is InChI=1S/C24H30N4O3S/c1-16(2)11-19(27-23(29)13-18-6-10-31-15-18)20-3-4-21(32-20)24(30)26-14-17-5-8-28-9-7-25-22(28)12-17/h3-5,7-9,12,16,18-19H,6,10-11,13-15H2,1-2H3,(H,26,30)(H,27,29)/t18?,19-/m1/s1. The van der Waals surface area contributed by atoms with Gasteiger partial charge in [-0.15, -0.1) is 11.3 Å². The normalized spacial score (nSPS) is 17.0. The number of carbonyl (C=O) groups is 2. The third-order valence-corrected chi connectivity index (χ3v) is 6.85. The van der Waals surface area contributed by atoms with Gasteiger partial charge in [-0.25, -0.2) is 4.98 Å². The lowest BCUT2D eigenvalue weighted by atomic mass is 10.0. The van der Waals surface area contributed by atoms with E-state index >= 15 is 0 Å². The summed E-state index contributed by atoms with van der Waals surface area (Å²) >= 11 is 1.45. The van der Waals surface area contributed by atoms with Crippen molar-refractivity contribution in [2.24, 2.45) is 11.8 Å². The summed E-state index contributed by atoms with van der Waals surface area (Å²) in [5, 5.41) is 6.18. The molecule has 4 rings (SSSR count). The van der Waals surface area contributed by atoms with Gasteiger partial charge in [0.25, 0.3) is 5.91 Å². The van der Waals surface area contributed by atoms with Gasteiger partial charge in [0.2, 0.25) is 5.91 Å². The molecule has 0 aliphatic carbocycles.